The van der Waals surface area contributed by atoms with Crippen LogP contribution in [0.5, 0.6) is 0 Å². The number of hydrogen-bond donors (Lipinski definition) is 1. The lowest BCUT2D eigenvalue weighted by Gasteiger charge is -2.51. The summed E-state index contributed by atoms with van der Waals surface area (Å²) in [4.78, 5) is 43.8. The van der Waals surface area contributed by atoms with Crippen molar-refractivity contribution in [3.63, 3.8) is 0 Å². The Labute approximate surface area is 214 Å². The molecule has 2 N–H and O–H groups in total. The fourth-order valence-corrected chi connectivity index (χ4v) is 5.02. The summed E-state index contributed by atoms with van der Waals surface area (Å²) in [7, 11) is 0. The molecule has 2 saturated heterocycles. The van der Waals surface area contributed by atoms with E-state index >= 15 is 0 Å². The van der Waals surface area contributed by atoms with E-state index in [-0.39, 0.29) is 50.0 Å². The molecular formula is C27H32F2N4O4. The molecule has 8 nitrogen and oxygen atoms in total. The number of piperazine rings is 1. The van der Waals surface area contributed by atoms with E-state index in [9.17, 15) is 23.2 Å². The van der Waals surface area contributed by atoms with Gasteiger partial charge in [0, 0.05) is 31.5 Å². The first kappa shape index (κ1) is 26.5. The first-order valence-corrected chi connectivity index (χ1v) is 12.5. The third-order valence-electron chi connectivity index (χ3n) is 6.99. The number of aryl methyl sites for hydroxylation is 1. The average molecular weight is 515 g/mol. The molecule has 10 heteroatoms. The summed E-state index contributed by atoms with van der Waals surface area (Å²) < 4.78 is 33.8. The Balaban J connectivity index is 1.54. The summed E-state index contributed by atoms with van der Waals surface area (Å²) in [6.45, 7) is 2.39. The number of carbonyl (C=O) groups excluding carboxylic acids is 3. The molecular weight excluding hydrogens is 482 g/mol. The van der Waals surface area contributed by atoms with Crippen LogP contribution in [0.15, 0.2) is 42.5 Å². The van der Waals surface area contributed by atoms with Crippen molar-refractivity contribution >= 4 is 17.9 Å². The summed E-state index contributed by atoms with van der Waals surface area (Å²) in [5, 5.41) is 0. The van der Waals surface area contributed by atoms with Crippen LogP contribution >= 0.6 is 0 Å². The van der Waals surface area contributed by atoms with Crippen LogP contribution in [0.3, 0.4) is 0 Å². The molecule has 3 amide bonds. The van der Waals surface area contributed by atoms with Gasteiger partial charge in [0.2, 0.25) is 11.8 Å². The first-order chi connectivity index (χ1) is 17.8. The van der Waals surface area contributed by atoms with E-state index in [1.54, 1.807) is 0 Å². The van der Waals surface area contributed by atoms with Gasteiger partial charge in [-0.15, -0.1) is 0 Å². The number of hydrogen-bond acceptors (Lipinski definition) is 5. The first-order valence-electron chi connectivity index (χ1n) is 12.5. The largest absolute Gasteiger partial charge is 0.449 e. The second-order valence-electron chi connectivity index (χ2n) is 9.42. The molecule has 0 aliphatic carbocycles. The average Bonchev–Trinajstić information content (AvgIpc) is 2.87. The number of rotatable bonds is 8. The summed E-state index contributed by atoms with van der Waals surface area (Å²) in [5.41, 5.74) is 7.86. The monoisotopic (exact) mass is 514 g/mol. The molecule has 198 valence electrons. The Hall–Kier alpha value is -3.53. The predicted molar refractivity (Wildman–Crippen MR) is 132 cm³/mol. The van der Waals surface area contributed by atoms with Crippen LogP contribution in [0.1, 0.15) is 36.0 Å². The van der Waals surface area contributed by atoms with Crippen LogP contribution in [-0.2, 0) is 27.3 Å². The zero-order valence-electron chi connectivity index (χ0n) is 20.9. The van der Waals surface area contributed by atoms with Crippen molar-refractivity contribution < 1.29 is 27.9 Å². The maximum Gasteiger partial charge on any atom is 0.411 e. The Morgan fingerprint density at radius 1 is 1.14 bits per heavy atom. The molecule has 37 heavy (non-hydrogen) atoms. The molecule has 0 aromatic heterocycles. The molecule has 0 bridgehead atoms. The Kier molecular flexibility index (Phi) is 8.38. The number of halogens is 2. The van der Waals surface area contributed by atoms with E-state index in [0.29, 0.717) is 25.8 Å². The van der Waals surface area contributed by atoms with Crippen LogP contribution < -0.4 is 5.73 Å². The van der Waals surface area contributed by atoms with Crippen molar-refractivity contribution in [1.82, 2.24) is 14.7 Å². The number of amides is 3. The standard InChI is InChI=1S/C27H32F2N4O4/c1-18-5-2-3-6-19(18)11-14-37-27(36)32-13-10-25(34)33-23(7-4-12-30)26(35)31(17-24(32)33)16-20-15-21(28)8-9-22(20)29/h2-3,5-6,8-9,15,23-24H,4,7,10-14,16-17,30H2,1H3/t23?,24-/m1/s1. The highest BCUT2D eigenvalue weighted by Crippen LogP contribution is 2.29. The zero-order chi connectivity index (χ0) is 26.5. The van der Waals surface area contributed by atoms with E-state index in [1.807, 2.05) is 31.2 Å². The van der Waals surface area contributed by atoms with Crippen LogP contribution in [0.2, 0.25) is 0 Å². The number of benzene rings is 2. The van der Waals surface area contributed by atoms with Crippen molar-refractivity contribution in [2.75, 3.05) is 26.2 Å². The summed E-state index contributed by atoms with van der Waals surface area (Å²) in [6.07, 6.45) is 0.0339. The quantitative estimate of drug-likeness (QED) is 0.585. The normalized spacial score (nSPS) is 19.7. The lowest BCUT2D eigenvalue weighted by molar-refractivity contribution is -0.169. The van der Waals surface area contributed by atoms with Crippen molar-refractivity contribution in [3.05, 3.63) is 70.8 Å². The molecule has 2 aromatic rings. The van der Waals surface area contributed by atoms with Crippen LogP contribution in [0.4, 0.5) is 13.6 Å². The molecule has 2 aliphatic heterocycles. The smallest absolute Gasteiger partial charge is 0.411 e. The lowest BCUT2D eigenvalue weighted by atomic mass is 9.99. The minimum absolute atomic E-state index is 0.0221. The van der Waals surface area contributed by atoms with Gasteiger partial charge in [0.05, 0.1) is 13.2 Å². The minimum atomic E-state index is -0.853. The fraction of sp³-hybridized carbons (Fsp3) is 0.444. The van der Waals surface area contributed by atoms with E-state index < -0.39 is 29.9 Å². The van der Waals surface area contributed by atoms with Gasteiger partial charge in [0.1, 0.15) is 23.8 Å². The maximum absolute atomic E-state index is 14.4. The highest BCUT2D eigenvalue weighted by Gasteiger charge is 2.48. The molecule has 1 unspecified atom stereocenters. The Morgan fingerprint density at radius 2 is 1.92 bits per heavy atom. The van der Waals surface area contributed by atoms with Gasteiger partial charge in [-0.25, -0.2) is 13.6 Å². The van der Waals surface area contributed by atoms with Gasteiger partial charge < -0.3 is 20.3 Å². The highest BCUT2D eigenvalue weighted by atomic mass is 19.1. The predicted octanol–water partition coefficient (Wildman–Crippen LogP) is 2.96. The Morgan fingerprint density at radius 3 is 2.68 bits per heavy atom. The summed E-state index contributed by atoms with van der Waals surface area (Å²) in [6, 6.07) is 10.1. The third-order valence-corrected chi connectivity index (χ3v) is 6.99. The number of nitrogens with two attached hydrogens (primary N) is 1. The van der Waals surface area contributed by atoms with E-state index in [0.717, 1.165) is 29.3 Å². The molecule has 2 aromatic carbocycles. The number of ether oxygens (including phenoxy) is 1. The van der Waals surface area contributed by atoms with E-state index in [1.165, 1.54) is 14.7 Å². The molecule has 2 aliphatic rings. The van der Waals surface area contributed by atoms with Crippen LogP contribution in [0, 0.1) is 18.6 Å². The molecule has 0 radical (unpaired) electrons. The second kappa shape index (κ2) is 11.7. The zero-order valence-corrected chi connectivity index (χ0v) is 20.9. The summed E-state index contributed by atoms with van der Waals surface area (Å²) >= 11 is 0. The van der Waals surface area contributed by atoms with Gasteiger partial charge in [-0.3, -0.25) is 14.5 Å². The molecule has 4 rings (SSSR count). The highest BCUT2D eigenvalue weighted by molar-refractivity contribution is 5.90. The molecule has 2 fully saturated rings. The third kappa shape index (κ3) is 5.90. The molecule has 2 heterocycles. The SMILES string of the molecule is Cc1ccccc1CCOC(=O)N1CCC(=O)N2C(CCCN)C(=O)N(Cc3cc(F)ccc3F)C[C@H]12. The topological polar surface area (TPSA) is 96.2 Å². The molecule has 0 spiro atoms. The number of nitrogens with zero attached hydrogens (tertiary/aromatic N) is 3. The van der Waals surface area contributed by atoms with E-state index in [4.69, 9.17) is 10.5 Å². The van der Waals surface area contributed by atoms with Crippen molar-refractivity contribution in [3.8, 4) is 0 Å². The van der Waals surface area contributed by atoms with Gasteiger partial charge >= 0.3 is 6.09 Å². The van der Waals surface area contributed by atoms with Crippen molar-refractivity contribution in [2.24, 2.45) is 5.73 Å². The summed E-state index contributed by atoms with van der Waals surface area (Å²) in [5.74, 6) is -1.87. The fourth-order valence-electron chi connectivity index (χ4n) is 5.02. The van der Waals surface area contributed by atoms with Crippen molar-refractivity contribution in [2.45, 2.75) is 51.4 Å². The van der Waals surface area contributed by atoms with Gasteiger partial charge in [0.25, 0.3) is 0 Å². The van der Waals surface area contributed by atoms with Gasteiger partial charge in [0.15, 0.2) is 0 Å². The van der Waals surface area contributed by atoms with Crippen LogP contribution in [-0.4, -0.2) is 71.1 Å². The minimum Gasteiger partial charge on any atom is -0.449 e. The number of carbonyl (C=O) groups is 3. The molecule has 0 saturated carbocycles. The van der Waals surface area contributed by atoms with Crippen LogP contribution in [0.25, 0.3) is 0 Å². The Bertz CT molecular complexity index is 1160. The van der Waals surface area contributed by atoms with Gasteiger partial charge in [-0.05, 0) is 55.6 Å². The number of fused-ring (bicyclic) bond motifs is 1. The maximum atomic E-state index is 14.4. The van der Waals surface area contributed by atoms with Gasteiger partial charge in [-0.1, -0.05) is 24.3 Å². The lowest BCUT2D eigenvalue weighted by Crippen LogP contribution is -2.71. The molecule has 2 atom stereocenters. The van der Waals surface area contributed by atoms with Crippen molar-refractivity contribution in [1.29, 1.82) is 0 Å². The van der Waals surface area contributed by atoms with E-state index in [2.05, 4.69) is 0 Å². The van der Waals surface area contributed by atoms with Gasteiger partial charge in [-0.2, -0.15) is 0 Å². The second-order valence-corrected chi connectivity index (χ2v) is 9.42.